The zero-order chi connectivity index (χ0) is 29.7. The summed E-state index contributed by atoms with van der Waals surface area (Å²) in [5.74, 6) is 0. The van der Waals surface area contributed by atoms with E-state index in [1.165, 1.54) is 65.8 Å². The number of pyridine rings is 1. The lowest BCUT2D eigenvalue weighted by Crippen LogP contribution is -1.93. The van der Waals surface area contributed by atoms with Gasteiger partial charge in [-0.1, -0.05) is 121 Å². The molecule has 45 heavy (non-hydrogen) atoms. The summed E-state index contributed by atoms with van der Waals surface area (Å²) in [6.45, 7) is 0. The van der Waals surface area contributed by atoms with Crippen LogP contribution >= 0.6 is 0 Å². The SMILES string of the molecule is c1ccc(-c2c3ccccc3c(-c3cccc(-c4ccc5c(c4)c4cnccc4n5-c4ccccc4)c3)c3ccccc23)cc1. The largest absolute Gasteiger partial charge is 0.309 e. The molecule has 0 saturated heterocycles. The Kier molecular flexibility index (Phi) is 5.85. The van der Waals surface area contributed by atoms with Crippen molar-refractivity contribution in [2.24, 2.45) is 0 Å². The Hall–Kier alpha value is -5.99. The predicted octanol–water partition coefficient (Wildman–Crippen LogP) is 11.5. The number of hydrogen-bond donors (Lipinski definition) is 0. The van der Waals surface area contributed by atoms with Crippen LogP contribution in [0.4, 0.5) is 0 Å². The molecule has 0 radical (unpaired) electrons. The van der Waals surface area contributed by atoms with Crippen molar-refractivity contribution in [2.45, 2.75) is 0 Å². The zero-order valence-electron chi connectivity index (χ0n) is 24.6. The third-order valence-corrected chi connectivity index (χ3v) is 9.06. The van der Waals surface area contributed by atoms with Crippen LogP contribution in [-0.2, 0) is 0 Å². The quantitative estimate of drug-likeness (QED) is 0.192. The van der Waals surface area contributed by atoms with Gasteiger partial charge in [-0.05, 0) is 91.3 Å². The molecule has 0 spiro atoms. The number of nitrogens with zero attached hydrogens (tertiary/aromatic N) is 2. The van der Waals surface area contributed by atoms with Crippen LogP contribution in [0.3, 0.4) is 0 Å². The Morgan fingerprint density at radius 2 is 0.889 bits per heavy atom. The zero-order valence-corrected chi connectivity index (χ0v) is 24.6. The number of para-hydroxylation sites is 1. The number of benzene rings is 7. The van der Waals surface area contributed by atoms with Gasteiger partial charge in [0.05, 0.1) is 11.0 Å². The molecule has 0 atom stereocenters. The molecule has 210 valence electrons. The Labute approximate surface area is 261 Å². The Morgan fingerprint density at radius 3 is 1.58 bits per heavy atom. The molecule has 2 heteroatoms. The van der Waals surface area contributed by atoms with E-state index in [2.05, 4.69) is 167 Å². The third-order valence-electron chi connectivity index (χ3n) is 9.06. The Morgan fingerprint density at radius 1 is 0.356 bits per heavy atom. The van der Waals surface area contributed by atoms with Crippen molar-refractivity contribution in [1.82, 2.24) is 9.55 Å². The predicted molar refractivity (Wildman–Crippen MR) is 190 cm³/mol. The van der Waals surface area contributed by atoms with Crippen molar-refractivity contribution < 1.29 is 0 Å². The molecule has 9 rings (SSSR count). The van der Waals surface area contributed by atoms with Gasteiger partial charge in [-0.15, -0.1) is 0 Å². The standard InChI is InChI=1S/C43H28N2/c1-3-12-29(13-4-1)42-34-18-7-9-20-36(34)43(37-21-10-8-19-35(37)42)32-15-11-14-30(26-32)31-22-23-40-38(27-31)39-28-44-25-24-41(39)45(40)33-16-5-2-6-17-33/h1-28H. The summed E-state index contributed by atoms with van der Waals surface area (Å²) in [4.78, 5) is 4.50. The fourth-order valence-electron chi connectivity index (χ4n) is 7.11. The van der Waals surface area contributed by atoms with E-state index in [0.717, 1.165) is 16.6 Å². The fraction of sp³-hybridized carbons (Fsp3) is 0. The van der Waals surface area contributed by atoms with E-state index >= 15 is 0 Å². The van der Waals surface area contributed by atoms with Crippen molar-refractivity contribution in [3.63, 3.8) is 0 Å². The summed E-state index contributed by atoms with van der Waals surface area (Å²) < 4.78 is 2.33. The minimum Gasteiger partial charge on any atom is -0.309 e. The monoisotopic (exact) mass is 572 g/mol. The highest BCUT2D eigenvalue weighted by molar-refractivity contribution is 6.21. The van der Waals surface area contributed by atoms with Gasteiger partial charge < -0.3 is 4.57 Å². The van der Waals surface area contributed by atoms with Crippen molar-refractivity contribution in [3.05, 3.63) is 170 Å². The van der Waals surface area contributed by atoms with Gasteiger partial charge in [0.2, 0.25) is 0 Å². The number of rotatable bonds is 4. The first-order valence-corrected chi connectivity index (χ1v) is 15.4. The minimum absolute atomic E-state index is 1.15. The lowest BCUT2D eigenvalue weighted by molar-refractivity contribution is 1.17. The highest BCUT2D eigenvalue weighted by atomic mass is 15.0. The molecule has 0 aliphatic carbocycles. The van der Waals surface area contributed by atoms with Crippen LogP contribution < -0.4 is 0 Å². The Bertz CT molecular complexity index is 2470. The second-order valence-electron chi connectivity index (χ2n) is 11.6. The smallest absolute Gasteiger partial charge is 0.0571 e. The molecule has 9 aromatic rings. The van der Waals surface area contributed by atoms with Gasteiger partial charge in [0.1, 0.15) is 0 Å². The lowest BCUT2D eigenvalue weighted by Gasteiger charge is -2.18. The highest BCUT2D eigenvalue weighted by Crippen LogP contribution is 2.44. The summed E-state index contributed by atoms with van der Waals surface area (Å²) in [5, 5.41) is 7.42. The summed E-state index contributed by atoms with van der Waals surface area (Å²) in [7, 11) is 0. The molecular weight excluding hydrogens is 544 g/mol. The van der Waals surface area contributed by atoms with Gasteiger partial charge in [0, 0.05) is 28.9 Å². The number of hydrogen-bond acceptors (Lipinski definition) is 1. The maximum Gasteiger partial charge on any atom is 0.0571 e. The first-order valence-electron chi connectivity index (χ1n) is 15.4. The fourth-order valence-corrected chi connectivity index (χ4v) is 7.11. The Balaban J connectivity index is 1.26. The van der Waals surface area contributed by atoms with E-state index < -0.39 is 0 Å². The van der Waals surface area contributed by atoms with Gasteiger partial charge in [0.15, 0.2) is 0 Å². The van der Waals surface area contributed by atoms with Crippen molar-refractivity contribution >= 4 is 43.4 Å². The molecule has 0 aliphatic rings. The van der Waals surface area contributed by atoms with Crippen molar-refractivity contribution in [2.75, 3.05) is 0 Å². The normalized spacial score (nSPS) is 11.6. The van der Waals surface area contributed by atoms with Gasteiger partial charge in [-0.25, -0.2) is 0 Å². The van der Waals surface area contributed by atoms with Crippen LogP contribution in [0.5, 0.6) is 0 Å². The first-order chi connectivity index (χ1) is 22.3. The molecule has 0 bridgehead atoms. The molecule has 2 aromatic heterocycles. The van der Waals surface area contributed by atoms with Crippen molar-refractivity contribution in [3.8, 4) is 39.1 Å². The van der Waals surface area contributed by atoms with E-state index in [0.29, 0.717) is 0 Å². The molecule has 0 fully saturated rings. The molecule has 7 aromatic carbocycles. The molecule has 0 amide bonds. The molecule has 0 unspecified atom stereocenters. The third kappa shape index (κ3) is 4.07. The second kappa shape index (κ2) is 10.3. The molecular formula is C43H28N2. The first kappa shape index (κ1) is 25.5. The summed E-state index contributed by atoms with van der Waals surface area (Å²) in [6.07, 6.45) is 3.87. The number of fused-ring (bicyclic) bond motifs is 5. The maximum absolute atomic E-state index is 4.50. The van der Waals surface area contributed by atoms with Crippen LogP contribution in [-0.4, -0.2) is 9.55 Å². The summed E-state index contributed by atoms with van der Waals surface area (Å²) in [5.41, 5.74) is 10.9. The molecule has 0 N–H and O–H groups in total. The minimum atomic E-state index is 1.15. The van der Waals surface area contributed by atoms with Crippen LogP contribution in [0.1, 0.15) is 0 Å². The van der Waals surface area contributed by atoms with Crippen LogP contribution in [0, 0.1) is 0 Å². The van der Waals surface area contributed by atoms with Gasteiger partial charge in [0.25, 0.3) is 0 Å². The highest BCUT2D eigenvalue weighted by Gasteiger charge is 2.17. The van der Waals surface area contributed by atoms with Gasteiger partial charge in [-0.2, -0.15) is 0 Å². The van der Waals surface area contributed by atoms with E-state index in [4.69, 9.17) is 0 Å². The molecule has 2 heterocycles. The van der Waals surface area contributed by atoms with Crippen LogP contribution in [0.25, 0.3) is 82.4 Å². The number of aromatic nitrogens is 2. The van der Waals surface area contributed by atoms with E-state index in [9.17, 15) is 0 Å². The average molecular weight is 573 g/mol. The lowest BCUT2D eigenvalue weighted by atomic mass is 9.85. The van der Waals surface area contributed by atoms with Gasteiger partial charge in [-0.3, -0.25) is 4.98 Å². The summed E-state index contributed by atoms with van der Waals surface area (Å²) >= 11 is 0. The second-order valence-corrected chi connectivity index (χ2v) is 11.6. The van der Waals surface area contributed by atoms with E-state index in [1.54, 1.807) is 0 Å². The maximum atomic E-state index is 4.50. The van der Waals surface area contributed by atoms with Crippen LogP contribution in [0.2, 0.25) is 0 Å². The van der Waals surface area contributed by atoms with Gasteiger partial charge >= 0.3 is 0 Å². The average Bonchev–Trinajstić information content (AvgIpc) is 3.45. The molecule has 2 nitrogen and oxygen atoms in total. The molecule has 0 saturated carbocycles. The van der Waals surface area contributed by atoms with Crippen molar-refractivity contribution in [1.29, 1.82) is 0 Å². The van der Waals surface area contributed by atoms with Crippen LogP contribution in [0.15, 0.2) is 170 Å². The molecule has 0 aliphatic heterocycles. The van der Waals surface area contributed by atoms with E-state index in [1.807, 2.05) is 12.4 Å². The topological polar surface area (TPSA) is 17.8 Å². The van der Waals surface area contributed by atoms with E-state index in [-0.39, 0.29) is 0 Å². The summed E-state index contributed by atoms with van der Waals surface area (Å²) in [6, 6.07) is 57.0.